The molecule has 142 valence electrons. The molecule has 1 aromatic heterocycles. The lowest BCUT2D eigenvalue weighted by Crippen LogP contribution is -2.41. The van der Waals surface area contributed by atoms with E-state index >= 15 is 0 Å². The van der Waals surface area contributed by atoms with Crippen LogP contribution in [0.25, 0.3) is 10.8 Å². The van der Waals surface area contributed by atoms with Crippen molar-refractivity contribution in [1.82, 2.24) is 9.88 Å². The van der Waals surface area contributed by atoms with Gasteiger partial charge in [0.2, 0.25) is 0 Å². The van der Waals surface area contributed by atoms with E-state index in [1.54, 1.807) is 6.20 Å². The summed E-state index contributed by atoms with van der Waals surface area (Å²) in [6, 6.07) is 17.0. The van der Waals surface area contributed by atoms with Crippen molar-refractivity contribution in [2.24, 2.45) is 0 Å². The molecule has 0 unspecified atom stereocenters. The molecule has 28 heavy (non-hydrogen) atoms. The van der Waals surface area contributed by atoms with Crippen LogP contribution in [0.15, 0.2) is 54.7 Å². The highest BCUT2D eigenvalue weighted by Crippen LogP contribution is 2.28. The van der Waals surface area contributed by atoms with Gasteiger partial charge in [0, 0.05) is 36.4 Å². The van der Waals surface area contributed by atoms with Gasteiger partial charge in [0.1, 0.15) is 5.69 Å². The number of rotatable bonds is 3. The fourth-order valence-corrected chi connectivity index (χ4v) is 4.34. The molecular formula is C24H25N3O. The zero-order chi connectivity index (χ0) is 18.9. The van der Waals surface area contributed by atoms with Gasteiger partial charge in [0.25, 0.3) is 5.91 Å². The largest absolute Gasteiger partial charge is 0.321 e. The molecule has 1 aliphatic carbocycles. The lowest BCUT2D eigenvalue weighted by Gasteiger charge is -2.36. The molecule has 2 aromatic carbocycles. The summed E-state index contributed by atoms with van der Waals surface area (Å²) in [6.45, 7) is 2.28. The third-order valence-corrected chi connectivity index (χ3v) is 6.26. The summed E-state index contributed by atoms with van der Waals surface area (Å²) in [7, 11) is 0. The summed E-state index contributed by atoms with van der Waals surface area (Å²) in [4.78, 5) is 19.7. The van der Waals surface area contributed by atoms with E-state index in [-0.39, 0.29) is 5.91 Å². The van der Waals surface area contributed by atoms with Gasteiger partial charge in [-0.1, -0.05) is 36.8 Å². The Hall–Kier alpha value is -2.72. The van der Waals surface area contributed by atoms with E-state index in [1.807, 2.05) is 36.4 Å². The SMILES string of the molecule is O=C(Nc1ccc2c(c1)CCN(C1CCC1)CC2)c1cc2ccccc2cn1. The van der Waals surface area contributed by atoms with Crippen LogP contribution in [0.3, 0.4) is 0 Å². The van der Waals surface area contributed by atoms with Crippen molar-refractivity contribution in [2.45, 2.75) is 38.1 Å². The number of carbonyl (C=O) groups is 1. The molecule has 1 saturated carbocycles. The number of pyridine rings is 1. The highest BCUT2D eigenvalue weighted by atomic mass is 16.1. The Kier molecular flexibility index (Phi) is 4.57. The number of aromatic nitrogens is 1. The van der Waals surface area contributed by atoms with Gasteiger partial charge in [-0.25, -0.2) is 0 Å². The number of anilines is 1. The molecule has 0 radical (unpaired) electrons. The van der Waals surface area contributed by atoms with Crippen molar-refractivity contribution >= 4 is 22.4 Å². The Morgan fingerprint density at radius 3 is 2.54 bits per heavy atom. The third-order valence-electron chi connectivity index (χ3n) is 6.26. The fourth-order valence-electron chi connectivity index (χ4n) is 4.34. The van der Waals surface area contributed by atoms with E-state index in [2.05, 4.69) is 27.3 Å². The maximum Gasteiger partial charge on any atom is 0.274 e. The number of carbonyl (C=O) groups excluding carboxylic acids is 1. The zero-order valence-electron chi connectivity index (χ0n) is 16.0. The van der Waals surface area contributed by atoms with Gasteiger partial charge in [-0.15, -0.1) is 0 Å². The summed E-state index contributed by atoms with van der Waals surface area (Å²) >= 11 is 0. The molecule has 4 heteroatoms. The lowest BCUT2D eigenvalue weighted by molar-refractivity contribution is 0.102. The number of hydrogen-bond acceptors (Lipinski definition) is 3. The third kappa shape index (κ3) is 3.40. The topological polar surface area (TPSA) is 45.2 Å². The van der Waals surface area contributed by atoms with Crippen LogP contribution in [0.5, 0.6) is 0 Å². The first-order valence-electron chi connectivity index (χ1n) is 10.3. The molecule has 5 rings (SSSR count). The minimum Gasteiger partial charge on any atom is -0.321 e. The average Bonchev–Trinajstić information content (AvgIpc) is 2.89. The second kappa shape index (κ2) is 7.36. The molecule has 2 aliphatic rings. The van der Waals surface area contributed by atoms with Crippen LogP contribution in [-0.2, 0) is 12.8 Å². The van der Waals surface area contributed by atoms with E-state index in [0.29, 0.717) is 5.69 Å². The minimum atomic E-state index is -0.157. The van der Waals surface area contributed by atoms with Crippen LogP contribution < -0.4 is 5.32 Å². The summed E-state index contributed by atoms with van der Waals surface area (Å²) in [5.41, 5.74) is 4.09. The normalized spacial score (nSPS) is 17.6. The molecule has 1 N–H and O–H groups in total. The quantitative estimate of drug-likeness (QED) is 0.740. The Labute approximate surface area is 165 Å². The molecule has 0 saturated heterocycles. The van der Waals surface area contributed by atoms with Gasteiger partial charge >= 0.3 is 0 Å². The molecule has 3 aromatic rings. The molecule has 1 fully saturated rings. The summed E-state index contributed by atoms with van der Waals surface area (Å²) < 4.78 is 0. The fraction of sp³-hybridized carbons (Fsp3) is 0.333. The van der Waals surface area contributed by atoms with E-state index in [4.69, 9.17) is 0 Å². The minimum absolute atomic E-state index is 0.157. The van der Waals surface area contributed by atoms with Gasteiger partial charge in [-0.05, 0) is 60.4 Å². The maximum atomic E-state index is 12.7. The number of hydrogen-bond donors (Lipinski definition) is 1. The smallest absolute Gasteiger partial charge is 0.274 e. The van der Waals surface area contributed by atoms with E-state index in [0.717, 1.165) is 48.4 Å². The predicted octanol–water partition coefficient (Wildman–Crippen LogP) is 4.44. The van der Waals surface area contributed by atoms with Crippen molar-refractivity contribution in [2.75, 3.05) is 18.4 Å². The molecule has 4 nitrogen and oxygen atoms in total. The average molecular weight is 371 g/mol. The van der Waals surface area contributed by atoms with Crippen molar-refractivity contribution < 1.29 is 4.79 Å². The highest BCUT2D eigenvalue weighted by molar-refractivity contribution is 6.04. The molecule has 0 bridgehead atoms. The van der Waals surface area contributed by atoms with Crippen LogP contribution in [-0.4, -0.2) is 34.9 Å². The van der Waals surface area contributed by atoms with E-state index in [9.17, 15) is 4.79 Å². The van der Waals surface area contributed by atoms with Crippen molar-refractivity contribution in [3.63, 3.8) is 0 Å². The first-order chi connectivity index (χ1) is 13.8. The summed E-state index contributed by atoms with van der Waals surface area (Å²) in [6.07, 6.45) is 8.02. The van der Waals surface area contributed by atoms with Gasteiger partial charge in [-0.2, -0.15) is 0 Å². The van der Waals surface area contributed by atoms with Crippen LogP contribution in [0, 0.1) is 0 Å². The molecule has 2 heterocycles. The Morgan fingerprint density at radius 2 is 1.75 bits per heavy atom. The van der Waals surface area contributed by atoms with Gasteiger partial charge < -0.3 is 5.32 Å². The lowest BCUT2D eigenvalue weighted by atomic mass is 9.91. The molecule has 0 spiro atoms. The Bertz CT molecular complexity index is 1030. The summed E-state index contributed by atoms with van der Waals surface area (Å²) in [5.74, 6) is -0.157. The standard InChI is InChI=1S/C24H25N3O/c28-24(23-15-18-4-1-2-5-20(18)16-25-23)26-21-9-8-17-10-12-27(22-6-3-7-22)13-11-19(17)14-21/h1-2,4-5,8-9,14-16,22H,3,6-7,10-13H2,(H,26,28). The second-order valence-corrected chi connectivity index (χ2v) is 7.98. The molecule has 1 amide bonds. The summed E-state index contributed by atoms with van der Waals surface area (Å²) in [5, 5.41) is 5.10. The maximum absolute atomic E-state index is 12.7. The number of fused-ring (bicyclic) bond motifs is 2. The predicted molar refractivity (Wildman–Crippen MR) is 113 cm³/mol. The number of nitrogens with zero attached hydrogens (tertiary/aromatic N) is 2. The van der Waals surface area contributed by atoms with Gasteiger partial charge in [-0.3, -0.25) is 14.7 Å². The number of benzene rings is 2. The monoisotopic (exact) mass is 371 g/mol. The van der Waals surface area contributed by atoms with Crippen molar-refractivity contribution in [3.8, 4) is 0 Å². The van der Waals surface area contributed by atoms with Crippen molar-refractivity contribution in [1.29, 1.82) is 0 Å². The molecular weight excluding hydrogens is 346 g/mol. The molecule has 1 aliphatic heterocycles. The van der Waals surface area contributed by atoms with Gasteiger partial charge in [0.15, 0.2) is 0 Å². The van der Waals surface area contributed by atoms with E-state index in [1.165, 1.54) is 30.4 Å². The highest BCUT2D eigenvalue weighted by Gasteiger charge is 2.26. The van der Waals surface area contributed by atoms with Crippen molar-refractivity contribution in [3.05, 3.63) is 71.5 Å². The van der Waals surface area contributed by atoms with Crippen LogP contribution in [0.4, 0.5) is 5.69 Å². The van der Waals surface area contributed by atoms with Gasteiger partial charge in [0.05, 0.1) is 0 Å². The Morgan fingerprint density at radius 1 is 0.964 bits per heavy atom. The number of nitrogens with one attached hydrogen (secondary N) is 1. The number of amides is 1. The van der Waals surface area contributed by atoms with E-state index < -0.39 is 0 Å². The van der Waals surface area contributed by atoms with Crippen LogP contribution in [0.1, 0.15) is 40.9 Å². The first kappa shape index (κ1) is 17.4. The van der Waals surface area contributed by atoms with Crippen LogP contribution >= 0.6 is 0 Å². The first-order valence-corrected chi connectivity index (χ1v) is 10.3. The second-order valence-electron chi connectivity index (χ2n) is 7.98. The molecule has 0 atom stereocenters. The Balaban J connectivity index is 1.31. The zero-order valence-corrected chi connectivity index (χ0v) is 16.0. The van der Waals surface area contributed by atoms with Crippen LogP contribution in [0.2, 0.25) is 0 Å².